The van der Waals surface area contributed by atoms with Gasteiger partial charge in [-0.15, -0.1) is 10.2 Å². The van der Waals surface area contributed by atoms with Gasteiger partial charge in [-0.25, -0.2) is 0 Å². The van der Waals surface area contributed by atoms with E-state index < -0.39 is 5.97 Å². The monoisotopic (exact) mass is 424 g/mol. The molecule has 3 rings (SSSR count). The molecule has 1 aromatic heterocycles. The second kappa shape index (κ2) is 11.2. The molecule has 0 aliphatic rings. The Morgan fingerprint density at radius 2 is 1.73 bits per heavy atom. The minimum absolute atomic E-state index is 0.0298. The number of hydrogen-bond donors (Lipinski definition) is 1. The summed E-state index contributed by atoms with van der Waals surface area (Å²) < 4.78 is 6.97. The Labute approximate surface area is 179 Å². The van der Waals surface area contributed by atoms with E-state index in [-0.39, 0.29) is 18.3 Å². The lowest BCUT2D eigenvalue weighted by molar-refractivity contribution is -0.145. The van der Waals surface area contributed by atoms with Crippen molar-refractivity contribution in [1.82, 2.24) is 20.1 Å². The molecule has 0 spiro atoms. The first-order valence-electron chi connectivity index (χ1n) is 9.80. The van der Waals surface area contributed by atoms with Crippen LogP contribution in [0.25, 0.3) is 17.1 Å². The molecule has 2 aromatic carbocycles. The molecule has 1 amide bonds. The number of hydrogen-bond acceptors (Lipinski definition) is 6. The van der Waals surface area contributed by atoms with Gasteiger partial charge >= 0.3 is 5.97 Å². The summed E-state index contributed by atoms with van der Waals surface area (Å²) in [7, 11) is 0. The van der Waals surface area contributed by atoms with E-state index in [9.17, 15) is 9.59 Å². The minimum atomic E-state index is -0.477. The zero-order valence-corrected chi connectivity index (χ0v) is 17.6. The van der Waals surface area contributed by atoms with Crippen LogP contribution in [0.2, 0.25) is 0 Å². The normalized spacial score (nSPS) is 10.6. The van der Waals surface area contributed by atoms with Gasteiger partial charge in [0.25, 0.3) is 5.91 Å². The summed E-state index contributed by atoms with van der Waals surface area (Å²) in [5.41, 5.74) is 1.82. The first kappa shape index (κ1) is 21.6. The lowest BCUT2D eigenvalue weighted by Gasteiger charge is -2.10. The molecule has 0 saturated heterocycles. The number of aromatic nitrogens is 3. The average molecular weight is 425 g/mol. The predicted octanol–water partition coefficient (Wildman–Crippen LogP) is 3.49. The maximum absolute atomic E-state index is 12.1. The van der Waals surface area contributed by atoms with Gasteiger partial charge in [0.2, 0.25) is 0 Å². The van der Waals surface area contributed by atoms with Crippen LogP contribution in [0.1, 0.15) is 19.8 Å². The minimum Gasteiger partial charge on any atom is -0.455 e. The van der Waals surface area contributed by atoms with Crippen LogP contribution in [-0.4, -0.2) is 45.5 Å². The highest BCUT2D eigenvalue weighted by atomic mass is 32.2. The molecule has 0 bridgehead atoms. The number of para-hydroxylation sites is 1. The molecule has 156 valence electrons. The Morgan fingerprint density at radius 3 is 2.43 bits per heavy atom. The van der Waals surface area contributed by atoms with Gasteiger partial charge in [-0.2, -0.15) is 0 Å². The molecule has 0 aliphatic carbocycles. The van der Waals surface area contributed by atoms with Crippen molar-refractivity contribution < 1.29 is 14.3 Å². The highest BCUT2D eigenvalue weighted by molar-refractivity contribution is 7.99. The van der Waals surface area contributed by atoms with E-state index in [1.807, 2.05) is 72.2 Å². The van der Waals surface area contributed by atoms with E-state index in [0.717, 1.165) is 24.1 Å². The largest absolute Gasteiger partial charge is 0.455 e. The number of rotatable bonds is 10. The second-order valence-electron chi connectivity index (χ2n) is 6.50. The third kappa shape index (κ3) is 5.93. The zero-order chi connectivity index (χ0) is 21.2. The van der Waals surface area contributed by atoms with Crippen molar-refractivity contribution >= 4 is 23.6 Å². The Hall–Kier alpha value is -3.13. The molecule has 3 aromatic rings. The number of nitrogens with zero attached hydrogens (tertiary/aromatic N) is 3. The zero-order valence-electron chi connectivity index (χ0n) is 16.8. The molecule has 1 heterocycles. The lowest BCUT2D eigenvalue weighted by Crippen LogP contribution is -2.29. The van der Waals surface area contributed by atoms with Crippen molar-refractivity contribution in [2.75, 3.05) is 18.9 Å². The Bertz CT molecular complexity index is 961. The SMILES string of the molecule is CCCCNC(=O)COC(=O)CSc1nnc(-c2ccccc2)n1-c1ccccc1. The first-order chi connectivity index (χ1) is 14.7. The number of nitrogens with one attached hydrogen (secondary N) is 1. The van der Waals surface area contributed by atoms with Gasteiger partial charge in [-0.05, 0) is 18.6 Å². The summed E-state index contributed by atoms with van der Waals surface area (Å²) in [6, 6.07) is 19.5. The van der Waals surface area contributed by atoms with Gasteiger partial charge in [0, 0.05) is 17.8 Å². The lowest BCUT2D eigenvalue weighted by atomic mass is 10.2. The second-order valence-corrected chi connectivity index (χ2v) is 7.44. The van der Waals surface area contributed by atoms with E-state index in [2.05, 4.69) is 15.5 Å². The van der Waals surface area contributed by atoms with Crippen LogP contribution in [-0.2, 0) is 14.3 Å². The predicted molar refractivity (Wildman–Crippen MR) is 116 cm³/mol. The number of esters is 1. The van der Waals surface area contributed by atoms with Crippen LogP contribution >= 0.6 is 11.8 Å². The van der Waals surface area contributed by atoms with Crippen molar-refractivity contribution in [3.63, 3.8) is 0 Å². The average Bonchev–Trinajstić information content (AvgIpc) is 3.21. The van der Waals surface area contributed by atoms with Crippen LogP contribution in [0.3, 0.4) is 0 Å². The Balaban J connectivity index is 1.67. The highest BCUT2D eigenvalue weighted by Gasteiger charge is 2.17. The smallest absolute Gasteiger partial charge is 0.316 e. The molecule has 0 aliphatic heterocycles. The summed E-state index contributed by atoms with van der Waals surface area (Å²) in [5, 5.41) is 11.9. The van der Waals surface area contributed by atoms with Crippen molar-refractivity contribution in [3.05, 3.63) is 60.7 Å². The number of carbonyl (C=O) groups excluding carboxylic acids is 2. The summed E-state index contributed by atoms with van der Waals surface area (Å²) in [6.07, 6.45) is 1.89. The van der Waals surface area contributed by atoms with Gasteiger partial charge in [0.1, 0.15) is 0 Å². The van der Waals surface area contributed by atoms with Crippen molar-refractivity contribution in [3.8, 4) is 17.1 Å². The van der Waals surface area contributed by atoms with E-state index in [1.54, 1.807) is 0 Å². The van der Waals surface area contributed by atoms with Crippen molar-refractivity contribution in [2.24, 2.45) is 0 Å². The maximum Gasteiger partial charge on any atom is 0.316 e. The summed E-state index contributed by atoms with van der Waals surface area (Å²) in [5.74, 6) is -0.0507. The molecule has 7 nitrogen and oxygen atoms in total. The summed E-state index contributed by atoms with van der Waals surface area (Å²) >= 11 is 1.22. The van der Waals surface area contributed by atoms with E-state index in [0.29, 0.717) is 17.5 Å². The van der Waals surface area contributed by atoms with Crippen molar-refractivity contribution in [1.29, 1.82) is 0 Å². The number of benzene rings is 2. The standard InChI is InChI=1S/C22H24N4O3S/c1-2-3-14-23-19(27)15-29-20(28)16-30-22-25-24-21(17-10-6-4-7-11-17)26(22)18-12-8-5-9-13-18/h4-13H,2-3,14-16H2,1H3,(H,23,27). The first-order valence-corrected chi connectivity index (χ1v) is 10.8. The number of amides is 1. The van der Waals surface area contributed by atoms with Crippen LogP contribution in [0, 0.1) is 0 Å². The molecule has 30 heavy (non-hydrogen) atoms. The van der Waals surface area contributed by atoms with E-state index >= 15 is 0 Å². The quantitative estimate of drug-likeness (QED) is 0.305. The van der Waals surface area contributed by atoms with Crippen LogP contribution in [0.5, 0.6) is 0 Å². The molecule has 0 radical (unpaired) electrons. The highest BCUT2D eigenvalue weighted by Crippen LogP contribution is 2.27. The van der Waals surface area contributed by atoms with E-state index in [1.165, 1.54) is 11.8 Å². The van der Waals surface area contributed by atoms with Gasteiger partial charge in [-0.3, -0.25) is 14.2 Å². The number of unbranched alkanes of at least 4 members (excludes halogenated alkanes) is 1. The summed E-state index contributed by atoms with van der Waals surface area (Å²) in [6.45, 7) is 2.36. The van der Waals surface area contributed by atoms with Crippen molar-refractivity contribution in [2.45, 2.75) is 24.9 Å². The Morgan fingerprint density at radius 1 is 1.03 bits per heavy atom. The fraction of sp³-hybridized carbons (Fsp3) is 0.273. The number of carbonyl (C=O) groups is 2. The number of thioether (sulfide) groups is 1. The topological polar surface area (TPSA) is 86.1 Å². The molecule has 0 unspecified atom stereocenters. The Kier molecular flexibility index (Phi) is 8.02. The molecule has 8 heteroatoms. The number of ether oxygens (including phenoxy) is 1. The van der Waals surface area contributed by atoms with Gasteiger partial charge < -0.3 is 10.1 Å². The molecular formula is C22H24N4O3S. The fourth-order valence-corrected chi connectivity index (χ4v) is 3.46. The summed E-state index contributed by atoms with van der Waals surface area (Å²) in [4.78, 5) is 23.8. The van der Waals surface area contributed by atoms with Gasteiger partial charge in [0.15, 0.2) is 17.6 Å². The molecule has 1 N–H and O–H groups in total. The van der Waals surface area contributed by atoms with Crippen LogP contribution in [0.15, 0.2) is 65.8 Å². The van der Waals surface area contributed by atoms with Gasteiger partial charge in [-0.1, -0.05) is 73.6 Å². The third-order valence-corrected chi connectivity index (χ3v) is 5.12. The fourth-order valence-electron chi connectivity index (χ4n) is 2.71. The molecule has 0 saturated carbocycles. The van der Waals surface area contributed by atoms with Crippen LogP contribution in [0.4, 0.5) is 0 Å². The molecular weight excluding hydrogens is 400 g/mol. The molecule has 0 atom stereocenters. The van der Waals surface area contributed by atoms with Gasteiger partial charge in [0.05, 0.1) is 5.75 Å². The maximum atomic E-state index is 12.1. The molecule has 0 fully saturated rings. The van der Waals surface area contributed by atoms with Crippen LogP contribution < -0.4 is 5.32 Å². The third-order valence-electron chi connectivity index (χ3n) is 4.22. The van der Waals surface area contributed by atoms with E-state index in [4.69, 9.17) is 4.74 Å².